The zero-order chi connectivity index (χ0) is 27.2. The van der Waals surface area contributed by atoms with Crippen molar-refractivity contribution in [2.45, 2.75) is 19.4 Å². The standard InChI is InChI=1S/C27H23ClN4O5S/c1-2-37-26(36)18-8-12-20(13-9-18)29-25(35)22-16-23(33)31(21-14-10-19(28)11-15-21)27(38)32(22)30-24(34)17-6-4-3-5-7-17/h3-15,22H,2,16H2,1H3,(H,29,35)(H,30,34)/t22-/m0/s1. The van der Waals surface area contributed by atoms with Crippen molar-refractivity contribution < 1.29 is 23.9 Å². The number of hydrogen-bond donors (Lipinski definition) is 2. The van der Waals surface area contributed by atoms with E-state index in [9.17, 15) is 19.2 Å². The molecule has 1 aliphatic rings. The fraction of sp³-hybridized carbons (Fsp3) is 0.148. The summed E-state index contributed by atoms with van der Waals surface area (Å²) >= 11 is 11.6. The highest BCUT2D eigenvalue weighted by molar-refractivity contribution is 7.80. The SMILES string of the molecule is CCOC(=O)c1ccc(NC(=O)[C@@H]2CC(=O)N(c3ccc(Cl)cc3)C(=S)N2NC(=O)c2ccccc2)cc1. The number of esters is 1. The highest BCUT2D eigenvalue weighted by Crippen LogP contribution is 2.26. The number of halogens is 1. The van der Waals surface area contributed by atoms with Gasteiger partial charge in [-0.15, -0.1) is 0 Å². The van der Waals surface area contributed by atoms with Crippen LogP contribution in [0.4, 0.5) is 11.4 Å². The number of carbonyl (C=O) groups is 4. The van der Waals surface area contributed by atoms with Crippen LogP contribution < -0.4 is 15.6 Å². The van der Waals surface area contributed by atoms with E-state index in [2.05, 4.69) is 10.7 Å². The minimum Gasteiger partial charge on any atom is -0.462 e. The predicted octanol–water partition coefficient (Wildman–Crippen LogP) is 4.19. The maximum absolute atomic E-state index is 13.4. The molecule has 0 aromatic heterocycles. The first kappa shape index (κ1) is 26.8. The van der Waals surface area contributed by atoms with Gasteiger partial charge in [0.25, 0.3) is 5.91 Å². The zero-order valence-corrected chi connectivity index (χ0v) is 21.8. The summed E-state index contributed by atoms with van der Waals surface area (Å²) in [5.74, 6) is -1.99. The molecule has 1 saturated heterocycles. The molecular formula is C27H23ClN4O5S. The van der Waals surface area contributed by atoms with Crippen LogP contribution >= 0.6 is 23.8 Å². The molecule has 1 aliphatic heterocycles. The largest absolute Gasteiger partial charge is 0.462 e. The Morgan fingerprint density at radius 3 is 2.26 bits per heavy atom. The molecule has 0 bridgehead atoms. The van der Waals surface area contributed by atoms with Crippen LogP contribution in [0.5, 0.6) is 0 Å². The Balaban J connectivity index is 1.59. The first-order valence-corrected chi connectivity index (χ1v) is 12.4. The van der Waals surface area contributed by atoms with Crippen molar-refractivity contribution in [2.24, 2.45) is 0 Å². The summed E-state index contributed by atoms with van der Waals surface area (Å²) in [5.41, 5.74) is 4.18. The third-order valence-corrected chi connectivity index (χ3v) is 6.27. The Kier molecular flexibility index (Phi) is 8.35. The van der Waals surface area contributed by atoms with Gasteiger partial charge in [0.05, 0.1) is 24.3 Å². The van der Waals surface area contributed by atoms with Gasteiger partial charge in [-0.2, -0.15) is 0 Å². The molecule has 11 heteroatoms. The molecule has 3 aromatic rings. The Hall–Kier alpha value is -4.28. The van der Waals surface area contributed by atoms with Gasteiger partial charge in [0.15, 0.2) is 0 Å². The number of hydrazine groups is 1. The van der Waals surface area contributed by atoms with E-state index in [4.69, 9.17) is 28.6 Å². The van der Waals surface area contributed by atoms with E-state index in [1.54, 1.807) is 73.7 Å². The van der Waals surface area contributed by atoms with Crippen LogP contribution in [0.1, 0.15) is 34.1 Å². The smallest absolute Gasteiger partial charge is 0.338 e. The summed E-state index contributed by atoms with van der Waals surface area (Å²) in [5, 5.41) is 4.33. The monoisotopic (exact) mass is 550 g/mol. The van der Waals surface area contributed by atoms with E-state index >= 15 is 0 Å². The lowest BCUT2D eigenvalue weighted by atomic mass is 10.1. The average molecular weight is 551 g/mol. The summed E-state index contributed by atoms with van der Waals surface area (Å²) < 4.78 is 4.97. The van der Waals surface area contributed by atoms with Crippen molar-refractivity contribution in [2.75, 3.05) is 16.8 Å². The number of carbonyl (C=O) groups excluding carboxylic acids is 4. The lowest BCUT2D eigenvalue weighted by molar-refractivity contribution is -0.127. The molecule has 1 atom stereocenters. The second-order valence-electron chi connectivity index (χ2n) is 8.17. The van der Waals surface area contributed by atoms with E-state index in [0.29, 0.717) is 27.5 Å². The lowest BCUT2D eigenvalue weighted by Crippen LogP contribution is -2.65. The summed E-state index contributed by atoms with van der Waals surface area (Å²) in [4.78, 5) is 52.7. The number of anilines is 2. The maximum Gasteiger partial charge on any atom is 0.338 e. The number of nitrogens with one attached hydrogen (secondary N) is 2. The number of ether oxygens (including phenoxy) is 1. The minimum atomic E-state index is -1.14. The second kappa shape index (κ2) is 11.8. The number of thiocarbonyl (C=S) groups is 1. The number of nitrogens with zero attached hydrogens (tertiary/aromatic N) is 2. The quantitative estimate of drug-likeness (QED) is 0.335. The van der Waals surface area contributed by atoms with Crippen LogP contribution in [-0.4, -0.2) is 46.5 Å². The molecule has 0 unspecified atom stereocenters. The van der Waals surface area contributed by atoms with Gasteiger partial charge in [0.1, 0.15) is 6.04 Å². The van der Waals surface area contributed by atoms with E-state index in [0.717, 1.165) is 0 Å². The van der Waals surface area contributed by atoms with Gasteiger partial charge >= 0.3 is 5.97 Å². The fourth-order valence-electron chi connectivity index (χ4n) is 3.77. The van der Waals surface area contributed by atoms with E-state index in [1.807, 2.05) is 0 Å². The first-order chi connectivity index (χ1) is 18.3. The van der Waals surface area contributed by atoms with Crippen molar-refractivity contribution in [1.29, 1.82) is 0 Å². The molecule has 4 rings (SSSR count). The molecule has 194 valence electrons. The normalized spacial score (nSPS) is 15.2. The van der Waals surface area contributed by atoms with Gasteiger partial charge in [0, 0.05) is 16.3 Å². The van der Waals surface area contributed by atoms with Crippen LogP contribution in [-0.2, 0) is 14.3 Å². The molecule has 3 aromatic carbocycles. The summed E-state index contributed by atoms with van der Waals surface area (Å²) in [6.07, 6.45) is -0.273. The van der Waals surface area contributed by atoms with Crippen molar-refractivity contribution in [3.63, 3.8) is 0 Å². The van der Waals surface area contributed by atoms with Gasteiger partial charge in [-0.1, -0.05) is 29.8 Å². The molecule has 0 saturated carbocycles. The van der Waals surface area contributed by atoms with Gasteiger partial charge in [0.2, 0.25) is 16.9 Å². The van der Waals surface area contributed by atoms with Crippen molar-refractivity contribution in [3.8, 4) is 0 Å². The van der Waals surface area contributed by atoms with Gasteiger partial charge in [-0.05, 0) is 79.8 Å². The highest BCUT2D eigenvalue weighted by Gasteiger charge is 2.42. The number of hydrogen-bond acceptors (Lipinski definition) is 6. The van der Waals surface area contributed by atoms with Crippen LogP contribution in [0.25, 0.3) is 0 Å². The molecule has 9 nitrogen and oxygen atoms in total. The summed E-state index contributed by atoms with van der Waals surface area (Å²) in [7, 11) is 0. The minimum absolute atomic E-state index is 0.0781. The molecule has 2 N–H and O–H groups in total. The van der Waals surface area contributed by atoms with Crippen molar-refractivity contribution >= 4 is 64.0 Å². The Morgan fingerprint density at radius 1 is 0.974 bits per heavy atom. The van der Waals surface area contributed by atoms with Gasteiger partial charge in [-0.25, -0.2) is 9.80 Å². The molecule has 38 heavy (non-hydrogen) atoms. The first-order valence-electron chi connectivity index (χ1n) is 11.6. The lowest BCUT2D eigenvalue weighted by Gasteiger charge is -2.41. The molecule has 3 amide bonds. The zero-order valence-electron chi connectivity index (χ0n) is 20.2. The molecule has 1 heterocycles. The average Bonchev–Trinajstić information content (AvgIpc) is 2.92. The van der Waals surface area contributed by atoms with Crippen LogP contribution in [0.3, 0.4) is 0 Å². The predicted molar refractivity (Wildman–Crippen MR) is 147 cm³/mol. The fourth-order valence-corrected chi connectivity index (χ4v) is 4.28. The highest BCUT2D eigenvalue weighted by atomic mass is 35.5. The van der Waals surface area contributed by atoms with Crippen LogP contribution in [0, 0.1) is 0 Å². The molecule has 0 aliphatic carbocycles. The van der Waals surface area contributed by atoms with Crippen LogP contribution in [0.2, 0.25) is 5.02 Å². The topological polar surface area (TPSA) is 108 Å². The Labute approximate surface area is 229 Å². The molecular weight excluding hydrogens is 528 g/mol. The summed E-state index contributed by atoms with van der Waals surface area (Å²) in [6, 6.07) is 19.8. The number of rotatable bonds is 7. The Morgan fingerprint density at radius 2 is 1.63 bits per heavy atom. The van der Waals surface area contributed by atoms with Gasteiger partial charge < -0.3 is 10.1 Å². The third-order valence-electron chi connectivity index (χ3n) is 5.64. The van der Waals surface area contributed by atoms with E-state index in [-0.39, 0.29) is 18.1 Å². The van der Waals surface area contributed by atoms with Crippen molar-refractivity contribution in [1.82, 2.24) is 10.4 Å². The molecule has 0 spiro atoms. The van der Waals surface area contributed by atoms with Gasteiger partial charge in [-0.3, -0.25) is 24.7 Å². The van der Waals surface area contributed by atoms with Crippen LogP contribution in [0.15, 0.2) is 78.9 Å². The van der Waals surface area contributed by atoms with E-state index < -0.39 is 29.7 Å². The summed E-state index contributed by atoms with van der Waals surface area (Å²) in [6.45, 7) is 1.95. The van der Waals surface area contributed by atoms with E-state index in [1.165, 1.54) is 22.0 Å². The number of benzene rings is 3. The maximum atomic E-state index is 13.4. The second-order valence-corrected chi connectivity index (χ2v) is 8.97. The molecule has 0 radical (unpaired) electrons. The molecule has 1 fully saturated rings. The Bertz CT molecular complexity index is 1370. The van der Waals surface area contributed by atoms with Crippen molar-refractivity contribution in [3.05, 3.63) is 95.0 Å². The number of amides is 3. The third kappa shape index (κ3) is 5.99.